The average Bonchev–Trinajstić information content (AvgIpc) is 2.84. The number of allylic oxidation sites excluding steroid dienone is 6. The number of hydrogen-bond acceptors (Lipinski definition) is 6. The molecular weight excluding hydrogens is 484 g/mol. The quantitative estimate of drug-likeness (QED) is 0.550. The Morgan fingerprint density at radius 3 is 2.60 bits per heavy atom. The molecule has 7 nitrogen and oxygen atoms in total. The first-order chi connectivity index (χ1) is 16.7. The van der Waals surface area contributed by atoms with Gasteiger partial charge in [0.05, 0.1) is 4.91 Å². The summed E-state index contributed by atoms with van der Waals surface area (Å²) in [7, 11) is -1.85. The van der Waals surface area contributed by atoms with Crippen molar-refractivity contribution in [2.24, 2.45) is 0 Å². The number of hydrogen-bond donors (Lipinski definition) is 2. The zero-order valence-electron chi connectivity index (χ0n) is 20.4. The van der Waals surface area contributed by atoms with Gasteiger partial charge in [0.15, 0.2) is 0 Å². The first-order valence-electron chi connectivity index (χ1n) is 12.1. The number of likely N-dealkylation sites (N-methyl/N-ethyl adjacent to an activating group) is 1. The van der Waals surface area contributed by atoms with Gasteiger partial charge >= 0.3 is 0 Å². The van der Waals surface area contributed by atoms with Crippen molar-refractivity contribution in [3.63, 3.8) is 0 Å². The summed E-state index contributed by atoms with van der Waals surface area (Å²) in [5, 5.41) is 11.5. The van der Waals surface area contributed by atoms with E-state index in [4.69, 9.17) is 11.6 Å². The van der Waals surface area contributed by atoms with E-state index >= 15 is 0 Å². The van der Waals surface area contributed by atoms with Crippen LogP contribution >= 0.6 is 11.6 Å². The number of nitrogens with zero attached hydrogens (tertiary/aromatic N) is 3. The second kappa shape index (κ2) is 11.4. The molecule has 0 saturated carbocycles. The Morgan fingerprint density at radius 2 is 1.89 bits per heavy atom. The minimum absolute atomic E-state index is 0.344. The average molecular weight is 519 g/mol. The van der Waals surface area contributed by atoms with Gasteiger partial charge in [-0.2, -0.15) is 4.72 Å². The molecule has 1 aromatic rings. The zero-order valence-corrected chi connectivity index (χ0v) is 22.0. The Hall–Kier alpha value is -1.94. The molecule has 9 heteroatoms. The summed E-state index contributed by atoms with van der Waals surface area (Å²) in [6, 6.07) is 10.4. The van der Waals surface area contributed by atoms with Crippen LogP contribution in [-0.2, 0) is 16.6 Å². The smallest absolute Gasteiger partial charge is 0.239 e. The van der Waals surface area contributed by atoms with Crippen LogP contribution < -0.4 is 4.72 Å². The molecule has 1 fully saturated rings. The van der Waals surface area contributed by atoms with Gasteiger partial charge in [-0.25, -0.2) is 8.42 Å². The van der Waals surface area contributed by atoms with Crippen molar-refractivity contribution in [2.45, 2.75) is 45.1 Å². The maximum Gasteiger partial charge on any atom is 0.239 e. The van der Waals surface area contributed by atoms with Gasteiger partial charge in [0.2, 0.25) is 10.0 Å². The van der Waals surface area contributed by atoms with Crippen molar-refractivity contribution < 1.29 is 13.5 Å². The van der Waals surface area contributed by atoms with E-state index < -0.39 is 22.4 Å². The molecule has 190 valence electrons. The van der Waals surface area contributed by atoms with Crippen molar-refractivity contribution in [1.29, 1.82) is 0 Å². The predicted molar refractivity (Wildman–Crippen MR) is 141 cm³/mol. The van der Waals surface area contributed by atoms with Crippen molar-refractivity contribution in [3.05, 3.63) is 81.4 Å². The van der Waals surface area contributed by atoms with Gasteiger partial charge < -0.3 is 10.0 Å². The number of halogens is 1. The molecule has 3 aliphatic rings. The van der Waals surface area contributed by atoms with Crippen LogP contribution in [0.3, 0.4) is 0 Å². The topological polar surface area (TPSA) is 76.1 Å². The lowest BCUT2D eigenvalue weighted by molar-refractivity contribution is -0.0291. The fourth-order valence-electron chi connectivity index (χ4n) is 4.77. The monoisotopic (exact) mass is 518 g/mol. The van der Waals surface area contributed by atoms with E-state index in [-0.39, 0.29) is 0 Å². The summed E-state index contributed by atoms with van der Waals surface area (Å²) >= 11 is 6.19. The van der Waals surface area contributed by atoms with Crippen molar-refractivity contribution >= 4 is 21.6 Å². The minimum atomic E-state index is -3.70. The molecule has 2 N–H and O–H groups in total. The van der Waals surface area contributed by atoms with Gasteiger partial charge in [-0.15, -0.1) is 0 Å². The Balaban J connectivity index is 1.31. The number of benzene rings is 1. The van der Waals surface area contributed by atoms with E-state index in [2.05, 4.69) is 38.8 Å². The highest BCUT2D eigenvalue weighted by Crippen LogP contribution is 2.31. The zero-order chi connectivity index (χ0) is 25.0. The Bertz CT molecular complexity index is 1120. The van der Waals surface area contributed by atoms with Crippen LogP contribution in [0.15, 0.2) is 75.8 Å². The predicted octanol–water partition coefficient (Wildman–Crippen LogP) is 3.33. The fraction of sp³-hybridized carbons (Fsp3) is 0.462. The summed E-state index contributed by atoms with van der Waals surface area (Å²) in [4.78, 5) is 6.72. The summed E-state index contributed by atoms with van der Waals surface area (Å²) in [6.45, 7) is 6.04. The Labute approximate surface area is 214 Å². The van der Waals surface area contributed by atoms with E-state index in [1.807, 2.05) is 42.3 Å². The molecule has 0 aromatic heterocycles. The fourth-order valence-corrected chi connectivity index (χ4v) is 6.65. The Kier molecular flexibility index (Phi) is 8.52. The van der Waals surface area contributed by atoms with Crippen LogP contribution in [0, 0.1) is 0 Å². The summed E-state index contributed by atoms with van der Waals surface area (Å²) in [6.07, 6.45) is 7.77. The molecule has 0 spiro atoms. The number of aliphatic hydroxyl groups is 1. The molecule has 35 heavy (non-hydrogen) atoms. The largest absolute Gasteiger partial charge is 0.378 e. The molecule has 0 amide bonds. The van der Waals surface area contributed by atoms with Gasteiger partial charge in [0.1, 0.15) is 12.4 Å². The van der Waals surface area contributed by atoms with Crippen molar-refractivity contribution in [1.82, 2.24) is 19.4 Å². The van der Waals surface area contributed by atoms with Crippen molar-refractivity contribution in [3.8, 4) is 0 Å². The highest BCUT2D eigenvalue weighted by atomic mass is 35.5. The van der Waals surface area contributed by atoms with Gasteiger partial charge in [0, 0.05) is 56.9 Å². The van der Waals surface area contributed by atoms with E-state index in [0.29, 0.717) is 34.8 Å². The normalized spacial score (nSPS) is 23.3. The van der Waals surface area contributed by atoms with Crippen LogP contribution in [0.5, 0.6) is 0 Å². The third-order valence-corrected chi connectivity index (χ3v) is 9.14. The molecule has 1 aliphatic carbocycles. The molecule has 2 atom stereocenters. The summed E-state index contributed by atoms with van der Waals surface area (Å²) in [5.74, 6) is 0. The van der Waals surface area contributed by atoms with Gasteiger partial charge in [-0.1, -0.05) is 54.1 Å². The third-order valence-electron chi connectivity index (χ3n) is 6.99. The lowest BCUT2D eigenvalue weighted by atomic mass is 10.1. The number of piperazine rings is 1. The molecule has 0 bridgehead atoms. The summed E-state index contributed by atoms with van der Waals surface area (Å²) in [5.41, 5.74) is 2.78. The lowest BCUT2D eigenvalue weighted by Gasteiger charge is -2.39. The first-order valence-corrected chi connectivity index (χ1v) is 14.0. The molecule has 2 heterocycles. The van der Waals surface area contributed by atoms with Crippen molar-refractivity contribution in [2.75, 3.05) is 33.2 Å². The lowest BCUT2D eigenvalue weighted by Crippen LogP contribution is -2.51. The number of aliphatic hydroxyl groups excluding tert-OH is 1. The minimum Gasteiger partial charge on any atom is -0.378 e. The third kappa shape index (κ3) is 6.44. The van der Waals surface area contributed by atoms with Crippen LogP contribution in [0.4, 0.5) is 0 Å². The molecule has 2 aliphatic heterocycles. The van der Waals surface area contributed by atoms with E-state index in [0.717, 1.165) is 38.4 Å². The van der Waals surface area contributed by atoms with E-state index in [9.17, 15) is 13.5 Å². The second-order valence-corrected chi connectivity index (χ2v) is 11.5. The Morgan fingerprint density at radius 1 is 1.17 bits per heavy atom. The molecule has 1 aromatic carbocycles. The van der Waals surface area contributed by atoms with Crippen LogP contribution in [0.2, 0.25) is 0 Å². The molecular formula is C26H35ClN4O3S. The van der Waals surface area contributed by atoms with Gasteiger partial charge in [0.25, 0.3) is 0 Å². The number of rotatable bonds is 8. The molecule has 2 unspecified atom stereocenters. The van der Waals surface area contributed by atoms with Crippen LogP contribution in [0.1, 0.15) is 31.7 Å². The standard InChI is InChI=1S/C26H35ClN4O3S/c1-20-23(27)11-7-12-24(20)35(33,34)28-25-13-6-10-22(29(25)2)18-26(32)31-16-14-30(15-17-31)19-21-8-4-3-5-9-21/h3-6,8-11,13,25-26,28,32H,7,12,14-19H2,1-2H3. The maximum atomic E-state index is 13.1. The van der Waals surface area contributed by atoms with Crippen LogP contribution in [0.25, 0.3) is 0 Å². The maximum absolute atomic E-state index is 13.1. The molecule has 0 radical (unpaired) electrons. The van der Waals surface area contributed by atoms with E-state index in [1.165, 1.54) is 5.56 Å². The first kappa shape index (κ1) is 26.1. The molecule has 4 rings (SSSR count). The number of sulfonamides is 1. The summed E-state index contributed by atoms with van der Waals surface area (Å²) < 4.78 is 29.0. The second-order valence-electron chi connectivity index (χ2n) is 9.34. The number of nitrogens with one attached hydrogen (secondary N) is 1. The molecule has 1 saturated heterocycles. The van der Waals surface area contributed by atoms with E-state index in [1.54, 1.807) is 6.92 Å². The highest BCUT2D eigenvalue weighted by Gasteiger charge is 2.30. The SMILES string of the molecule is CC1=C(S(=O)(=O)NC2C=CC=C(CC(O)N3CCN(Cc4ccccc4)CC3)N2C)CCC=C1Cl. The van der Waals surface area contributed by atoms with Gasteiger partial charge in [-0.3, -0.25) is 9.80 Å². The highest BCUT2D eigenvalue weighted by molar-refractivity contribution is 7.93. The van der Waals surface area contributed by atoms with Gasteiger partial charge in [-0.05, 0) is 43.1 Å². The van der Waals surface area contributed by atoms with Crippen LogP contribution in [-0.4, -0.2) is 73.8 Å².